The van der Waals surface area contributed by atoms with E-state index in [1.54, 1.807) is 31.2 Å². The molecule has 0 aliphatic carbocycles. The maximum absolute atomic E-state index is 12.9. The predicted molar refractivity (Wildman–Crippen MR) is 104 cm³/mol. The molecule has 0 fully saturated rings. The van der Waals surface area contributed by atoms with E-state index >= 15 is 0 Å². The van der Waals surface area contributed by atoms with Gasteiger partial charge in [-0.3, -0.25) is 13.9 Å². The first kappa shape index (κ1) is 20.4. The molecule has 0 saturated carbocycles. The lowest BCUT2D eigenvalue weighted by atomic mass is 10.2. The Morgan fingerprint density at radius 3 is 2.07 bits per heavy atom. The summed E-state index contributed by atoms with van der Waals surface area (Å²) < 4.78 is 27.1. The second-order valence-electron chi connectivity index (χ2n) is 5.77. The molecule has 0 bridgehead atoms. The first-order valence-electron chi connectivity index (χ1n) is 8.56. The topological polar surface area (TPSA) is 95.6 Å². The summed E-state index contributed by atoms with van der Waals surface area (Å²) in [6, 6.07) is 14.6. The Bertz CT molecular complexity index is 881. The Labute approximate surface area is 159 Å². The zero-order chi connectivity index (χ0) is 19.9. The molecule has 7 nitrogen and oxygen atoms in total. The van der Waals surface area contributed by atoms with Crippen LogP contribution in [0.5, 0.6) is 0 Å². The number of hydrogen-bond donors (Lipinski definition) is 2. The molecule has 0 heterocycles. The molecular formula is C19H23N3O4S. The lowest BCUT2D eigenvalue weighted by molar-refractivity contribution is -0.118. The number of amides is 2. The van der Waals surface area contributed by atoms with E-state index < -0.39 is 10.0 Å². The van der Waals surface area contributed by atoms with Crippen LogP contribution in [0.3, 0.4) is 0 Å². The highest BCUT2D eigenvalue weighted by molar-refractivity contribution is 7.92. The molecule has 0 spiro atoms. The normalized spacial score (nSPS) is 10.9. The SMILES string of the molecule is CCN(c1ccccc1)S(=O)(=O)c1ccc(C(=O)NCCNC(C)=O)cc1. The number of rotatable bonds is 8. The van der Waals surface area contributed by atoms with Crippen molar-refractivity contribution in [2.24, 2.45) is 0 Å². The van der Waals surface area contributed by atoms with Crippen molar-refractivity contribution in [1.82, 2.24) is 10.6 Å². The molecule has 2 amide bonds. The average molecular weight is 389 g/mol. The van der Waals surface area contributed by atoms with Crippen molar-refractivity contribution < 1.29 is 18.0 Å². The largest absolute Gasteiger partial charge is 0.355 e. The van der Waals surface area contributed by atoms with Gasteiger partial charge in [-0.05, 0) is 43.3 Å². The van der Waals surface area contributed by atoms with Crippen molar-refractivity contribution >= 4 is 27.5 Å². The highest BCUT2D eigenvalue weighted by atomic mass is 32.2. The van der Waals surface area contributed by atoms with Crippen LogP contribution in [0.1, 0.15) is 24.2 Å². The van der Waals surface area contributed by atoms with E-state index in [1.807, 2.05) is 6.07 Å². The van der Waals surface area contributed by atoms with Gasteiger partial charge in [-0.1, -0.05) is 18.2 Å². The van der Waals surface area contributed by atoms with E-state index in [0.717, 1.165) is 0 Å². The first-order chi connectivity index (χ1) is 12.9. The third-order valence-electron chi connectivity index (χ3n) is 3.82. The summed E-state index contributed by atoms with van der Waals surface area (Å²) >= 11 is 0. The molecule has 0 radical (unpaired) electrons. The van der Waals surface area contributed by atoms with Crippen molar-refractivity contribution in [1.29, 1.82) is 0 Å². The summed E-state index contributed by atoms with van der Waals surface area (Å²) in [4.78, 5) is 23.0. The van der Waals surface area contributed by atoms with Gasteiger partial charge in [-0.25, -0.2) is 8.42 Å². The fourth-order valence-electron chi connectivity index (χ4n) is 2.51. The number of sulfonamides is 1. The first-order valence-corrected chi connectivity index (χ1v) is 10.0. The van der Waals surface area contributed by atoms with Gasteiger partial charge in [0.1, 0.15) is 0 Å². The fourth-order valence-corrected chi connectivity index (χ4v) is 3.98. The zero-order valence-corrected chi connectivity index (χ0v) is 16.1. The van der Waals surface area contributed by atoms with E-state index in [0.29, 0.717) is 17.8 Å². The van der Waals surface area contributed by atoms with Crippen molar-refractivity contribution in [2.45, 2.75) is 18.7 Å². The number of para-hydroxylation sites is 1. The molecule has 2 rings (SSSR count). The third kappa shape index (κ3) is 5.30. The summed E-state index contributed by atoms with van der Waals surface area (Å²) in [6.45, 7) is 4.07. The van der Waals surface area contributed by atoms with Crippen LogP contribution in [0, 0.1) is 0 Å². The monoisotopic (exact) mass is 389 g/mol. The number of carbonyl (C=O) groups is 2. The van der Waals surface area contributed by atoms with Crippen LogP contribution in [0.4, 0.5) is 5.69 Å². The lowest BCUT2D eigenvalue weighted by Crippen LogP contribution is -2.33. The number of anilines is 1. The minimum atomic E-state index is -3.72. The third-order valence-corrected chi connectivity index (χ3v) is 5.74. The highest BCUT2D eigenvalue weighted by Crippen LogP contribution is 2.23. The van der Waals surface area contributed by atoms with E-state index in [-0.39, 0.29) is 29.8 Å². The Morgan fingerprint density at radius 2 is 1.52 bits per heavy atom. The number of hydrogen-bond acceptors (Lipinski definition) is 4. The summed E-state index contributed by atoms with van der Waals surface area (Å²) in [7, 11) is -3.72. The smallest absolute Gasteiger partial charge is 0.264 e. The second-order valence-corrected chi connectivity index (χ2v) is 7.63. The van der Waals surface area contributed by atoms with E-state index in [2.05, 4.69) is 10.6 Å². The molecule has 144 valence electrons. The number of nitrogens with zero attached hydrogens (tertiary/aromatic N) is 1. The molecule has 27 heavy (non-hydrogen) atoms. The van der Waals surface area contributed by atoms with Gasteiger partial charge in [0.15, 0.2) is 0 Å². The molecule has 0 saturated heterocycles. The van der Waals surface area contributed by atoms with Crippen LogP contribution in [0.2, 0.25) is 0 Å². The highest BCUT2D eigenvalue weighted by Gasteiger charge is 2.23. The van der Waals surface area contributed by atoms with Crippen LogP contribution in [0.15, 0.2) is 59.5 Å². The standard InChI is InChI=1S/C19H23N3O4S/c1-3-22(17-7-5-4-6-8-17)27(25,26)18-11-9-16(10-12-18)19(24)21-14-13-20-15(2)23/h4-12H,3,13-14H2,1-2H3,(H,20,23)(H,21,24). The van der Waals surface area contributed by atoms with E-state index in [1.165, 1.54) is 35.5 Å². The van der Waals surface area contributed by atoms with Gasteiger partial charge in [0.05, 0.1) is 10.6 Å². The van der Waals surface area contributed by atoms with E-state index in [9.17, 15) is 18.0 Å². The number of benzene rings is 2. The van der Waals surface area contributed by atoms with Crippen LogP contribution in [-0.2, 0) is 14.8 Å². The maximum Gasteiger partial charge on any atom is 0.264 e. The minimum Gasteiger partial charge on any atom is -0.355 e. The van der Waals surface area contributed by atoms with Crippen LogP contribution >= 0.6 is 0 Å². The maximum atomic E-state index is 12.9. The molecule has 0 unspecified atom stereocenters. The Balaban J connectivity index is 2.11. The molecule has 2 aromatic rings. The van der Waals surface area contributed by atoms with E-state index in [4.69, 9.17) is 0 Å². The van der Waals surface area contributed by atoms with Crippen molar-refractivity contribution in [3.05, 3.63) is 60.2 Å². The second kappa shape index (κ2) is 9.18. The zero-order valence-electron chi connectivity index (χ0n) is 15.3. The molecule has 0 aromatic heterocycles. The summed E-state index contributed by atoms with van der Waals surface area (Å²) in [6.07, 6.45) is 0. The van der Waals surface area contributed by atoms with Gasteiger partial charge in [-0.2, -0.15) is 0 Å². The summed E-state index contributed by atoms with van der Waals surface area (Å²) in [5, 5.41) is 5.24. The molecule has 2 N–H and O–H groups in total. The van der Waals surface area contributed by atoms with Crippen LogP contribution < -0.4 is 14.9 Å². The number of nitrogens with one attached hydrogen (secondary N) is 2. The summed E-state index contributed by atoms with van der Waals surface area (Å²) in [5.74, 6) is -0.502. The van der Waals surface area contributed by atoms with Crippen LogP contribution in [0.25, 0.3) is 0 Å². The predicted octanol–water partition coefficient (Wildman–Crippen LogP) is 1.77. The Morgan fingerprint density at radius 1 is 0.926 bits per heavy atom. The number of carbonyl (C=O) groups excluding carboxylic acids is 2. The van der Waals surface area contributed by atoms with Crippen LogP contribution in [-0.4, -0.2) is 39.9 Å². The Kier molecular flexibility index (Phi) is 6.95. The van der Waals surface area contributed by atoms with Crippen molar-refractivity contribution in [3.8, 4) is 0 Å². The molecule has 0 atom stereocenters. The van der Waals surface area contributed by atoms with Gasteiger partial charge in [0.2, 0.25) is 5.91 Å². The Hall–Kier alpha value is -2.87. The van der Waals surface area contributed by atoms with Gasteiger partial charge in [0, 0.05) is 32.1 Å². The molecule has 8 heteroatoms. The lowest BCUT2D eigenvalue weighted by Gasteiger charge is -2.23. The van der Waals surface area contributed by atoms with Gasteiger partial charge in [0.25, 0.3) is 15.9 Å². The molecular weight excluding hydrogens is 366 g/mol. The van der Waals surface area contributed by atoms with Gasteiger partial charge >= 0.3 is 0 Å². The fraction of sp³-hybridized carbons (Fsp3) is 0.263. The quantitative estimate of drug-likeness (QED) is 0.673. The molecule has 2 aromatic carbocycles. The summed E-state index contributed by atoms with van der Waals surface area (Å²) in [5.41, 5.74) is 0.930. The van der Waals surface area contributed by atoms with Crippen molar-refractivity contribution in [2.75, 3.05) is 23.9 Å². The average Bonchev–Trinajstić information content (AvgIpc) is 2.66. The van der Waals surface area contributed by atoms with Crippen molar-refractivity contribution in [3.63, 3.8) is 0 Å². The minimum absolute atomic E-state index is 0.114. The van der Waals surface area contributed by atoms with Gasteiger partial charge in [-0.15, -0.1) is 0 Å². The van der Waals surface area contributed by atoms with Gasteiger partial charge < -0.3 is 10.6 Å². The molecule has 0 aliphatic rings. The molecule has 0 aliphatic heterocycles.